The van der Waals surface area contributed by atoms with Gasteiger partial charge in [-0.05, 0) is 42.0 Å². The Balaban J connectivity index is 1.98. The summed E-state index contributed by atoms with van der Waals surface area (Å²) in [6.07, 6.45) is -1.10. The van der Waals surface area contributed by atoms with E-state index in [1.807, 2.05) is 0 Å². The number of ether oxygens (including phenoxy) is 1. The van der Waals surface area contributed by atoms with Crippen molar-refractivity contribution < 1.29 is 18.6 Å². The lowest BCUT2D eigenvalue weighted by atomic mass is 10.1. The van der Waals surface area contributed by atoms with Gasteiger partial charge in [0.15, 0.2) is 6.61 Å². The number of fused-ring (bicyclic) bond motifs is 1. The average molecular weight is 451 g/mol. The zero-order valence-corrected chi connectivity index (χ0v) is 17.4. The lowest BCUT2D eigenvalue weighted by molar-refractivity contribution is 0.0798. The lowest BCUT2D eigenvalue weighted by Gasteiger charge is -2.13. The third-order valence-electron chi connectivity index (χ3n) is 4.80. The van der Waals surface area contributed by atoms with Crippen LogP contribution in [0.5, 0.6) is 11.6 Å². The van der Waals surface area contributed by atoms with E-state index in [1.54, 1.807) is 43.6 Å². The molecule has 0 bridgehead atoms. The molecule has 2 heterocycles. The van der Waals surface area contributed by atoms with Gasteiger partial charge < -0.3 is 15.6 Å². The molecule has 10 heteroatoms. The van der Waals surface area contributed by atoms with E-state index in [4.69, 9.17) is 10.5 Å². The minimum absolute atomic E-state index is 0.0216. The highest BCUT2D eigenvalue weighted by Crippen LogP contribution is 2.27. The molecule has 4 rings (SSSR count). The van der Waals surface area contributed by atoms with Crippen molar-refractivity contribution in [2.75, 3.05) is 19.4 Å². The van der Waals surface area contributed by atoms with Gasteiger partial charge in [-0.25, -0.2) is 13.8 Å². The fraction of sp³-hybridized carbons (Fsp3) is 0.130. The van der Waals surface area contributed by atoms with Crippen molar-refractivity contribution in [2.24, 2.45) is 4.99 Å². The molecule has 0 aliphatic heterocycles. The monoisotopic (exact) mass is 451 g/mol. The summed E-state index contributed by atoms with van der Waals surface area (Å²) in [6, 6.07) is 13.9. The second kappa shape index (κ2) is 9.03. The van der Waals surface area contributed by atoms with E-state index in [-0.39, 0.29) is 22.7 Å². The summed E-state index contributed by atoms with van der Waals surface area (Å²) in [5.41, 5.74) is 8.18. The predicted octanol–water partition coefficient (Wildman–Crippen LogP) is 3.43. The molecule has 0 fully saturated rings. The van der Waals surface area contributed by atoms with E-state index in [0.29, 0.717) is 28.0 Å². The lowest BCUT2D eigenvalue weighted by Crippen LogP contribution is -2.24. The third kappa shape index (κ3) is 4.49. The Morgan fingerprint density at radius 1 is 1.18 bits per heavy atom. The number of rotatable bonds is 6. The van der Waals surface area contributed by atoms with Crippen LogP contribution in [0.3, 0.4) is 0 Å². The summed E-state index contributed by atoms with van der Waals surface area (Å²) in [7, 11) is 1.61. The van der Waals surface area contributed by atoms with Gasteiger partial charge in [0.1, 0.15) is 16.8 Å². The van der Waals surface area contributed by atoms with Crippen LogP contribution in [-0.2, 0) is 0 Å². The Labute approximate surface area is 186 Å². The first-order chi connectivity index (χ1) is 15.9. The van der Waals surface area contributed by atoms with Crippen LogP contribution in [0.25, 0.3) is 27.8 Å². The molecule has 33 heavy (non-hydrogen) atoms. The minimum Gasteiger partial charge on any atom is -0.508 e. The molecule has 2 aromatic carbocycles. The van der Waals surface area contributed by atoms with Crippen molar-refractivity contribution in [2.45, 2.75) is 6.43 Å². The van der Waals surface area contributed by atoms with Crippen molar-refractivity contribution in [1.29, 1.82) is 0 Å². The standard InChI is InChI=1S/C23H19F2N5O3/c1-27-11-14-10-15(4-7-17(14)26)30-23(32)21(13-2-5-16(31)6-3-13)22-18(29-30)8-9-20(28-22)33-12-19(24)25/h2-11,19,31H,12,26H2,1H3. The largest absolute Gasteiger partial charge is 0.508 e. The Morgan fingerprint density at radius 3 is 2.64 bits per heavy atom. The molecule has 0 saturated carbocycles. The van der Waals surface area contributed by atoms with Gasteiger partial charge in [-0.2, -0.15) is 9.78 Å². The molecule has 4 aromatic rings. The maximum Gasteiger partial charge on any atom is 0.281 e. The van der Waals surface area contributed by atoms with Crippen LogP contribution in [0, 0.1) is 0 Å². The summed E-state index contributed by atoms with van der Waals surface area (Å²) in [4.78, 5) is 21.8. The van der Waals surface area contributed by atoms with E-state index in [1.165, 1.54) is 28.9 Å². The average Bonchev–Trinajstić information content (AvgIpc) is 2.80. The fourth-order valence-electron chi connectivity index (χ4n) is 3.30. The number of halogens is 2. The highest BCUT2D eigenvalue weighted by atomic mass is 19.3. The second-order valence-electron chi connectivity index (χ2n) is 7.06. The number of phenols is 1. The topological polar surface area (TPSA) is 116 Å². The normalized spacial score (nSPS) is 11.5. The van der Waals surface area contributed by atoms with E-state index >= 15 is 0 Å². The number of hydrogen-bond donors (Lipinski definition) is 2. The molecule has 0 spiro atoms. The molecule has 168 valence electrons. The number of phenolic OH excluding ortho intramolecular Hbond substituents is 1. The van der Waals surface area contributed by atoms with Crippen LogP contribution in [-0.4, -0.2) is 46.2 Å². The van der Waals surface area contributed by atoms with Crippen LogP contribution < -0.4 is 16.0 Å². The number of pyridine rings is 1. The highest BCUT2D eigenvalue weighted by Gasteiger charge is 2.18. The maximum atomic E-state index is 13.6. The summed E-state index contributed by atoms with van der Waals surface area (Å²) >= 11 is 0. The number of alkyl halides is 2. The molecule has 0 amide bonds. The van der Waals surface area contributed by atoms with Gasteiger partial charge in [0.2, 0.25) is 5.88 Å². The number of aromatic hydroxyl groups is 1. The molecule has 0 radical (unpaired) electrons. The maximum absolute atomic E-state index is 13.6. The number of anilines is 1. The molecule has 0 saturated heterocycles. The van der Waals surface area contributed by atoms with Gasteiger partial charge in [-0.3, -0.25) is 9.79 Å². The molecule has 0 aliphatic rings. The number of benzene rings is 2. The number of aliphatic imine (C=N–C) groups is 1. The molecular formula is C23H19F2N5O3. The van der Waals surface area contributed by atoms with Gasteiger partial charge in [0.25, 0.3) is 12.0 Å². The first-order valence-electron chi connectivity index (χ1n) is 9.84. The number of aromatic nitrogens is 3. The Kier molecular flexibility index (Phi) is 5.99. The first kappa shape index (κ1) is 21.9. The molecule has 0 atom stereocenters. The van der Waals surface area contributed by atoms with E-state index in [9.17, 15) is 18.7 Å². The van der Waals surface area contributed by atoms with Crippen molar-refractivity contribution >= 4 is 22.9 Å². The Bertz CT molecular complexity index is 1400. The highest BCUT2D eigenvalue weighted by molar-refractivity contribution is 5.91. The molecule has 3 N–H and O–H groups in total. The molecule has 0 unspecified atom stereocenters. The number of hydrogen-bond acceptors (Lipinski definition) is 7. The summed E-state index contributed by atoms with van der Waals surface area (Å²) in [5.74, 6) is -0.0379. The molecule has 0 aliphatic carbocycles. The zero-order chi connectivity index (χ0) is 23.5. The quantitative estimate of drug-likeness (QED) is 0.343. The summed E-state index contributed by atoms with van der Waals surface area (Å²) in [5, 5.41) is 14.1. The molecule has 2 aromatic heterocycles. The zero-order valence-electron chi connectivity index (χ0n) is 17.4. The third-order valence-corrected chi connectivity index (χ3v) is 4.80. The number of nitrogens with two attached hydrogens (primary N) is 1. The van der Waals surface area contributed by atoms with Crippen molar-refractivity contribution in [3.8, 4) is 28.4 Å². The van der Waals surface area contributed by atoms with Crippen LogP contribution in [0.15, 0.2) is 64.4 Å². The van der Waals surface area contributed by atoms with Gasteiger partial charge >= 0.3 is 0 Å². The van der Waals surface area contributed by atoms with Gasteiger partial charge in [0.05, 0.1) is 11.3 Å². The van der Waals surface area contributed by atoms with Crippen LogP contribution in [0.1, 0.15) is 5.56 Å². The van der Waals surface area contributed by atoms with E-state index in [0.717, 1.165) is 0 Å². The van der Waals surface area contributed by atoms with Crippen LogP contribution in [0.4, 0.5) is 14.5 Å². The number of nitrogens with zero attached hydrogens (tertiary/aromatic N) is 4. The van der Waals surface area contributed by atoms with Crippen molar-refractivity contribution in [3.05, 3.63) is 70.5 Å². The predicted molar refractivity (Wildman–Crippen MR) is 122 cm³/mol. The van der Waals surface area contributed by atoms with Crippen LogP contribution >= 0.6 is 0 Å². The SMILES string of the molecule is CN=Cc1cc(-n2nc3ccc(OCC(F)F)nc3c(-c3ccc(O)cc3)c2=O)ccc1N. The van der Waals surface area contributed by atoms with Gasteiger partial charge in [0, 0.05) is 30.6 Å². The smallest absolute Gasteiger partial charge is 0.281 e. The minimum atomic E-state index is -2.67. The fourth-order valence-corrected chi connectivity index (χ4v) is 3.30. The summed E-state index contributed by atoms with van der Waals surface area (Å²) < 4.78 is 31.4. The van der Waals surface area contributed by atoms with Gasteiger partial charge in [-0.1, -0.05) is 12.1 Å². The Hall–Kier alpha value is -4.34. The van der Waals surface area contributed by atoms with E-state index in [2.05, 4.69) is 15.1 Å². The Morgan fingerprint density at radius 2 is 1.94 bits per heavy atom. The summed E-state index contributed by atoms with van der Waals surface area (Å²) in [6.45, 7) is -0.829. The van der Waals surface area contributed by atoms with Crippen molar-refractivity contribution in [3.63, 3.8) is 0 Å². The molecular weight excluding hydrogens is 432 g/mol. The van der Waals surface area contributed by atoms with Crippen LogP contribution in [0.2, 0.25) is 0 Å². The van der Waals surface area contributed by atoms with Crippen molar-refractivity contribution in [1.82, 2.24) is 14.8 Å². The van der Waals surface area contributed by atoms with Gasteiger partial charge in [-0.15, -0.1) is 0 Å². The molecule has 8 nitrogen and oxygen atoms in total. The first-order valence-corrected chi connectivity index (χ1v) is 9.84. The number of nitrogen functional groups attached to an aromatic ring is 1. The second-order valence-corrected chi connectivity index (χ2v) is 7.06. The van der Waals surface area contributed by atoms with E-state index < -0.39 is 18.6 Å².